The second-order valence-electron chi connectivity index (χ2n) is 5.36. The molecule has 1 aliphatic heterocycles. The van der Waals surface area contributed by atoms with Gasteiger partial charge in [0.15, 0.2) is 0 Å². The summed E-state index contributed by atoms with van der Waals surface area (Å²) in [5, 5.41) is -0.479. The van der Waals surface area contributed by atoms with Gasteiger partial charge in [0.2, 0.25) is 0 Å². The Hall–Kier alpha value is -1.80. The van der Waals surface area contributed by atoms with Gasteiger partial charge in [-0.3, -0.25) is 14.5 Å². The highest BCUT2D eigenvalue weighted by atomic mass is 79.9. The van der Waals surface area contributed by atoms with Crippen molar-refractivity contribution in [2.24, 2.45) is 0 Å². The first kappa shape index (κ1) is 18.5. The van der Waals surface area contributed by atoms with E-state index in [1.165, 1.54) is 14.0 Å². The number of benzene rings is 1. The van der Waals surface area contributed by atoms with Crippen molar-refractivity contribution in [3.8, 4) is 0 Å². The van der Waals surface area contributed by atoms with Crippen molar-refractivity contribution >= 4 is 56.6 Å². The molecule has 0 radical (unpaired) electrons. The molecular weight excluding hydrogens is 396 g/mol. The minimum atomic E-state index is -0.948. The van der Waals surface area contributed by atoms with E-state index in [0.717, 1.165) is 32.4 Å². The molecule has 6 nitrogen and oxygen atoms in total. The first-order valence-corrected chi connectivity index (χ1v) is 8.69. The minimum absolute atomic E-state index is 0.278. The summed E-state index contributed by atoms with van der Waals surface area (Å²) in [6.45, 7) is 1.47. The Morgan fingerprint density at radius 1 is 1.38 bits per heavy atom. The van der Waals surface area contributed by atoms with Gasteiger partial charge in [-0.05, 0) is 58.4 Å². The number of hydrogen-bond acceptors (Lipinski definition) is 6. The van der Waals surface area contributed by atoms with Crippen molar-refractivity contribution in [2.75, 3.05) is 26.1 Å². The van der Waals surface area contributed by atoms with Crippen LogP contribution in [0, 0.1) is 0 Å². The molecule has 8 heteroatoms. The van der Waals surface area contributed by atoms with Crippen LogP contribution in [0.1, 0.15) is 12.5 Å². The predicted octanol–water partition coefficient (Wildman–Crippen LogP) is 3.11. The van der Waals surface area contributed by atoms with Crippen LogP contribution in [0.5, 0.6) is 0 Å². The van der Waals surface area contributed by atoms with Crippen LogP contribution in [-0.2, 0) is 14.3 Å². The van der Waals surface area contributed by atoms with Crippen molar-refractivity contribution in [1.29, 1.82) is 0 Å². The van der Waals surface area contributed by atoms with Crippen LogP contribution in [0.4, 0.5) is 10.5 Å². The summed E-state index contributed by atoms with van der Waals surface area (Å²) in [5.74, 6) is -1.12. The Labute approximate surface area is 152 Å². The van der Waals surface area contributed by atoms with Gasteiger partial charge in [0, 0.05) is 18.6 Å². The van der Waals surface area contributed by atoms with E-state index in [1.807, 2.05) is 37.2 Å². The quantitative estimate of drug-likeness (QED) is 0.558. The lowest BCUT2D eigenvalue weighted by Crippen LogP contribution is -2.42. The molecule has 0 bridgehead atoms. The molecule has 0 N–H and O–H groups in total. The van der Waals surface area contributed by atoms with Crippen LogP contribution in [0.25, 0.3) is 6.08 Å². The van der Waals surface area contributed by atoms with E-state index in [2.05, 4.69) is 20.7 Å². The van der Waals surface area contributed by atoms with Crippen LogP contribution in [0.3, 0.4) is 0 Å². The van der Waals surface area contributed by atoms with Gasteiger partial charge >= 0.3 is 5.97 Å². The SMILES string of the molecule is COC(=O)C(C)N1C(=O)S/C(=C/c2ccc(N(C)C)c(Br)c2)C1=O. The van der Waals surface area contributed by atoms with Gasteiger partial charge in [0.05, 0.1) is 17.7 Å². The molecule has 1 unspecified atom stereocenters. The first-order chi connectivity index (χ1) is 11.3. The van der Waals surface area contributed by atoms with Gasteiger partial charge in [-0.2, -0.15) is 0 Å². The maximum Gasteiger partial charge on any atom is 0.328 e. The van der Waals surface area contributed by atoms with E-state index >= 15 is 0 Å². The molecule has 0 saturated carbocycles. The zero-order chi connectivity index (χ0) is 18.0. The summed E-state index contributed by atoms with van der Waals surface area (Å²) >= 11 is 4.30. The van der Waals surface area contributed by atoms with E-state index in [9.17, 15) is 14.4 Å². The number of thioether (sulfide) groups is 1. The second kappa shape index (κ2) is 7.40. The second-order valence-corrected chi connectivity index (χ2v) is 7.20. The van der Waals surface area contributed by atoms with Gasteiger partial charge in [-0.15, -0.1) is 0 Å². The molecule has 1 heterocycles. The molecule has 1 atom stereocenters. The number of hydrogen-bond donors (Lipinski definition) is 0. The first-order valence-electron chi connectivity index (χ1n) is 7.08. The standard InChI is InChI=1S/C16H17BrN2O4S/c1-9(15(21)23-4)19-14(20)13(24-16(19)22)8-10-5-6-12(18(2)3)11(17)7-10/h5-9H,1-4H3/b13-8+. The van der Waals surface area contributed by atoms with E-state index < -0.39 is 23.2 Å². The molecular formula is C16H17BrN2O4S. The molecule has 1 aromatic carbocycles. The van der Waals surface area contributed by atoms with Gasteiger partial charge in [0.1, 0.15) is 6.04 Å². The summed E-state index contributed by atoms with van der Waals surface area (Å²) in [4.78, 5) is 39.2. The Balaban J connectivity index is 2.29. The minimum Gasteiger partial charge on any atom is -0.467 e. The number of rotatable bonds is 4. The molecule has 1 aliphatic rings. The molecule has 1 fully saturated rings. The molecule has 0 aliphatic carbocycles. The van der Waals surface area contributed by atoms with E-state index in [0.29, 0.717) is 0 Å². The third-order valence-electron chi connectivity index (χ3n) is 3.50. The zero-order valence-electron chi connectivity index (χ0n) is 13.7. The number of carbonyl (C=O) groups excluding carboxylic acids is 3. The molecule has 0 spiro atoms. The Morgan fingerprint density at radius 2 is 2.04 bits per heavy atom. The number of carbonyl (C=O) groups is 3. The van der Waals surface area contributed by atoms with Gasteiger partial charge in [-0.25, -0.2) is 4.79 Å². The maximum absolute atomic E-state index is 12.4. The van der Waals surface area contributed by atoms with Crippen molar-refractivity contribution in [3.63, 3.8) is 0 Å². The van der Waals surface area contributed by atoms with Crippen LogP contribution < -0.4 is 4.90 Å². The van der Waals surface area contributed by atoms with Crippen molar-refractivity contribution < 1.29 is 19.1 Å². The highest BCUT2D eigenvalue weighted by Gasteiger charge is 2.41. The number of amides is 2. The number of esters is 1. The third-order valence-corrected chi connectivity index (χ3v) is 5.02. The lowest BCUT2D eigenvalue weighted by Gasteiger charge is -2.18. The highest BCUT2D eigenvalue weighted by molar-refractivity contribution is 9.10. The Morgan fingerprint density at radius 3 is 2.58 bits per heavy atom. The van der Waals surface area contributed by atoms with Crippen LogP contribution in [0.2, 0.25) is 0 Å². The molecule has 2 rings (SSSR count). The van der Waals surface area contributed by atoms with Crippen molar-refractivity contribution in [3.05, 3.63) is 33.1 Å². The molecule has 1 aromatic rings. The largest absolute Gasteiger partial charge is 0.467 e. The fraction of sp³-hybridized carbons (Fsp3) is 0.312. The van der Waals surface area contributed by atoms with Gasteiger partial charge < -0.3 is 9.64 Å². The van der Waals surface area contributed by atoms with Crippen LogP contribution >= 0.6 is 27.7 Å². The predicted molar refractivity (Wildman–Crippen MR) is 97.8 cm³/mol. The summed E-state index contributed by atoms with van der Waals surface area (Å²) in [5.41, 5.74) is 1.78. The average molecular weight is 413 g/mol. The molecule has 0 aromatic heterocycles. The fourth-order valence-corrected chi connectivity index (χ4v) is 3.88. The number of anilines is 1. The molecule has 1 saturated heterocycles. The van der Waals surface area contributed by atoms with Crippen molar-refractivity contribution in [2.45, 2.75) is 13.0 Å². The Kier molecular flexibility index (Phi) is 5.71. The monoisotopic (exact) mass is 412 g/mol. The number of halogens is 1. The summed E-state index contributed by atoms with van der Waals surface area (Å²) < 4.78 is 5.48. The van der Waals surface area contributed by atoms with E-state index in [1.54, 1.807) is 6.08 Å². The summed E-state index contributed by atoms with van der Waals surface area (Å²) in [6.07, 6.45) is 1.64. The van der Waals surface area contributed by atoms with E-state index in [4.69, 9.17) is 0 Å². The number of imide groups is 1. The van der Waals surface area contributed by atoms with Crippen molar-refractivity contribution in [1.82, 2.24) is 4.90 Å². The summed E-state index contributed by atoms with van der Waals surface area (Å²) in [6, 6.07) is 4.69. The average Bonchev–Trinajstić information content (AvgIpc) is 2.79. The maximum atomic E-state index is 12.4. The third kappa shape index (κ3) is 3.64. The van der Waals surface area contributed by atoms with Crippen LogP contribution in [-0.4, -0.2) is 49.3 Å². The van der Waals surface area contributed by atoms with Gasteiger partial charge in [0.25, 0.3) is 11.1 Å². The smallest absolute Gasteiger partial charge is 0.328 e. The Bertz CT molecular complexity index is 733. The van der Waals surface area contributed by atoms with Crippen LogP contribution in [0.15, 0.2) is 27.6 Å². The zero-order valence-corrected chi connectivity index (χ0v) is 16.1. The number of nitrogens with zero attached hydrogens (tertiary/aromatic N) is 2. The number of ether oxygens (including phenoxy) is 1. The topological polar surface area (TPSA) is 66.9 Å². The van der Waals surface area contributed by atoms with E-state index in [-0.39, 0.29) is 4.91 Å². The lowest BCUT2D eigenvalue weighted by atomic mass is 10.1. The normalized spacial score (nSPS) is 17.4. The van der Waals surface area contributed by atoms with Gasteiger partial charge in [-0.1, -0.05) is 6.07 Å². The molecule has 128 valence electrons. The number of methoxy groups -OCH3 is 1. The highest BCUT2D eigenvalue weighted by Crippen LogP contribution is 2.35. The molecule has 24 heavy (non-hydrogen) atoms. The lowest BCUT2D eigenvalue weighted by molar-refractivity contribution is -0.148. The molecule has 2 amide bonds. The fourth-order valence-electron chi connectivity index (χ4n) is 2.22. The summed E-state index contributed by atoms with van der Waals surface area (Å²) in [7, 11) is 5.08.